The number of hydrogen-bond donors (Lipinski definition) is 2. The zero-order valence-corrected chi connectivity index (χ0v) is 34.8. The Kier molecular flexibility index (Phi) is 14.3. The number of amides is 4. The third-order valence-electron chi connectivity index (χ3n) is 11.7. The van der Waals surface area contributed by atoms with E-state index in [1.54, 1.807) is 32.0 Å². The molecule has 2 aromatic carbocycles. The van der Waals surface area contributed by atoms with Crippen LogP contribution >= 0.6 is 24.6 Å². The van der Waals surface area contributed by atoms with Gasteiger partial charge in [-0.15, -0.1) is 12.4 Å². The Balaban J connectivity index is 0.00000641. The summed E-state index contributed by atoms with van der Waals surface area (Å²) in [7, 11) is 0. The summed E-state index contributed by atoms with van der Waals surface area (Å²) >= 11 is 5.73. The van der Waals surface area contributed by atoms with E-state index in [0.717, 1.165) is 74.3 Å². The highest BCUT2D eigenvalue weighted by molar-refractivity contribution is 7.80. The van der Waals surface area contributed by atoms with Gasteiger partial charge in [-0.2, -0.15) is 18.4 Å². The molecule has 2 N–H and O–H groups in total. The third kappa shape index (κ3) is 9.82. The molecule has 4 amide bonds. The van der Waals surface area contributed by atoms with Crippen LogP contribution in [0.1, 0.15) is 95.2 Å². The van der Waals surface area contributed by atoms with E-state index >= 15 is 0 Å². The molecule has 3 heterocycles. The lowest BCUT2D eigenvalue weighted by Crippen LogP contribution is -2.58. The highest BCUT2D eigenvalue weighted by Crippen LogP contribution is 2.41. The number of rotatable bonds is 11. The summed E-state index contributed by atoms with van der Waals surface area (Å²) in [4.78, 5) is 58.0. The van der Waals surface area contributed by atoms with Crippen LogP contribution in [0.15, 0.2) is 42.5 Å². The number of carbonyl (C=O) groups excluding carboxylic acids is 4. The molecule has 3 atom stereocenters. The van der Waals surface area contributed by atoms with Gasteiger partial charge in [0, 0.05) is 56.5 Å². The SMILES string of the molecule is C[C@@H]1CN(CCCOC2CCC(N3C(=S)N(c4ccc(C#N)c(C(F)(F)F)c4)C(=O)C3(C)C)CC2)C[C@H](C)N1CC(=O)Nc1ccc(C2CCC(=O)NC2=O)cc1.Cl. The highest BCUT2D eigenvalue weighted by atomic mass is 35.5. The van der Waals surface area contributed by atoms with Gasteiger partial charge in [-0.1, -0.05) is 12.1 Å². The van der Waals surface area contributed by atoms with Crippen molar-refractivity contribution in [2.24, 2.45) is 0 Å². The summed E-state index contributed by atoms with van der Waals surface area (Å²) in [6.45, 7) is 11.1. The number of ether oxygens (including phenoxy) is 1. The van der Waals surface area contributed by atoms with Crippen LogP contribution in [0.2, 0.25) is 0 Å². The van der Waals surface area contributed by atoms with Crippen LogP contribution in [0.25, 0.3) is 0 Å². The van der Waals surface area contributed by atoms with Gasteiger partial charge in [0.15, 0.2) is 5.11 Å². The van der Waals surface area contributed by atoms with Gasteiger partial charge >= 0.3 is 6.18 Å². The van der Waals surface area contributed by atoms with E-state index in [-0.39, 0.29) is 77.6 Å². The normalized spacial score (nSPS) is 25.6. The average molecular weight is 846 g/mol. The molecule has 17 heteroatoms. The standard InChI is InChI=1S/C41H50F3N7O5S.ClH/c1-25-22-48(23-26(2)49(25)24-36(53)46-29-9-6-27(7-10-29)33-16-17-35(52)47-37(33)54)18-5-19-56-32-14-12-30(13-15-32)51-39(57)50(38(55)40(51,3)4)31-11-8-28(21-45)34(20-31)41(42,43)44;/h6-11,20,25-26,30,32-33H,5,12-19,22-24H2,1-4H3,(H,46,53)(H,47,52,54);1H/t25-,26+,30?,32?,33?;. The molecule has 4 fully saturated rings. The molecule has 0 aromatic heterocycles. The first-order valence-electron chi connectivity index (χ1n) is 19.6. The molecule has 1 unspecified atom stereocenters. The number of nitriles is 1. The second-order valence-electron chi connectivity index (χ2n) is 16.2. The minimum absolute atomic E-state index is 0. The first-order chi connectivity index (χ1) is 27.0. The minimum atomic E-state index is -4.76. The van der Waals surface area contributed by atoms with Crippen LogP contribution < -0.4 is 15.5 Å². The molecule has 0 bridgehead atoms. The second-order valence-corrected chi connectivity index (χ2v) is 16.5. The number of imide groups is 1. The van der Waals surface area contributed by atoms with Crippen LogP contribution in [0.4, 0.5) is 24.5 Å². The topological polar surface area (TPSA) is 138 Å². The van der Waals surface area contributed by atoms with E-state index in [0.29, 0.717) is 25.1 Å². The molecule has 12 nitrogen and oxygen atoms in total. The predicted molar refractivity (Wildman–Crippen MR) is 218 cm³/mol. The van der Waals surface area contributed by atoms with E-state index in [9.17, 15) is 37.6 Å². The number of carbonyl (C=O) groups is 4. The van der Waals surface area contributed by atoms with Gasteiger partial charge in [-0.3, -0.25) is 34.3 Å². The molecule has 4 aliphatic rings. The van der Waals surface area contributed by atoms with E-state index in [1.807, 2.05) is 17.0 Å². The van der Waals surface area contributed by atoms with Crippen molar-refractivity contribution >= 4 is 64.7 Å². The number of piperidine rings is 1. The Morgan fingerprint density at radius 1 is 1.02 bits per heavy atom. The molecule has 1 saturated carbocycles. The van der Waals surface area contributed by atoms with Gasteiger partial charge in [-0.05, 0) is 114 Å². The first-order valence-corrected chi connectivity index (χ1v) is 20.0. The predicted octanol–water partition coefficient (Wildman–Crippen LogP) is 5.98. The lowest BCUT2D eigenvalue weighted by molar-refractivity contribution is -0.138. The summed E-state index contributed by atoms with van der Waals surface area (Å²) in [6, 6.07) is 12.3. The second kappa shape index (κ2) is 18.4. The van der Waals surface area contributed by atoms with Gasteiger partial charge in [0.25, 0.3) is 5.91 Å². The van der Waals surface area contributed by atoms with Crippen molar-refractivity contribution in [3.63, 3.8) is 0 Å². The fourth-order valence-electron chi connectivity index (χ4n) is 8.80. The Morgan fingerprint density at radius 3 is 2.28 bits per heavy atom. The number of benzene rings is 2. The molecule has 1 aliphatic carbocycles. The number of alkyl halides is 3. The maximum absolute atomic E-state index is 13.7. The van der Waals surface area contributed by atoms with Crippen molar-refractivity contribution in [3.8, 4) is 6.07 Å². The number of anilines is 2. The smallest absolute Gasteiger partial charge is 0.378 e. The van der Waals surface area contributed by atoms with Crippen LogP contribution in [-0.2, 0) is 30.1 Å². The maximum Gasteiger partial charge on any atom is 0.417 e. The summed E-state index contributed by atoms with van der Waals surface area (Å²) in [6.07, 6.45) is -0.101. The molecular weight excluding hydrogens is 795 g/mol. The number of hydrogen-bond acceptors (Lipinski definition) is 9. The number of nitrogens with one attached hydrogen (secondary N) is 2. The van der Waals surface area contributed by atoms with Gasteiger partial charge in [0.1, 0.15) is 5.54 Å². The van der Waals surface area contributed by atoms with Gasteiger partial charge in [0.05, 0.1) is 41.5 Å². The Bertz CT molecular complexity index is 1910. The quantitative estimate of drug-likeness (QED) is 0.158. The summed E-state index contributed by atoms with van der Waals surface area (Å²) in [5, 5.41) is 14.7. The Morgan fingerprint density at radius 2 is 1.67 bits per heavy atom. The molecule has 58 heavy (non-hydrogen) atoms. The molecule has 314 valence electrons. The molecule has 2 aromatic rings. The molecule has 3 saturated heterocycles. The third-order valence-corrected chi connectivity index (χ3v) is 12.1. The number of nitrogens with zero attached hydrogens (tertiary/aromatic N) is 5. The maximum atomic E-state index is 13.7. The van der Waals surface area contributed by atoms with Crippen molar-refractivity contribution in [3.05, 3.63) is 59.2 Å². The van der Waals surface area contributed by atoms with Crippen LogP contribution in [0.3, 0.4) is 0 Å². The zero-order chi connectivity index (χ0) is 41.2. The molecule has 0 spiro atoms. The number of halogens is 4. The summed E-state index contributed by atoms with van der Waals surface area (Å²) in [5.41, 5.74) is -1.22. The van der Waals surface area contributed by atoms with Crippen molar-refractivity contribution in [1.82, 2.24) is 20.0 Å². The molecule has 6 rings (SSSR count). The summed E-state index contributed by atoms with van der Waals surface area (Å²) in [5.74, 6) is -1.43. The largest absolute Gasteiger partial charge is 0.417 e. The lowest BCUT2D eigenvalue weighted by Gasteiger charge is -2.44. The van der Waals surface area contributed by atoms with E-state index in [2.05, 4.69) is 34.3 Å². The fourth-order valence-corrected chi connectivity index (χ4v) is 9.36. The van der Waals surface area contributed by atoms with Crippen LogP contribution in [0.5, 0.6) is 0 Å². The zero-order valence-electron chi connectivity index (χ0n) is 33.1. The van der Waals surface area contributed by atoms with Crippen LogP contribution in [0, 0.1) is 11.3 Å². The number of thiocarbonyl (C=S) groups is 1. The van der Waals surface area contributed by atoms with Crippen molar-refractivity contribution in [2.45, 2.75) is 115 Å². The van der Waals surface area contributed by atoms with Gasteiger partial charge in [-0.25, -0.2) is 0 Å². The Hall–Kier alpha value is -4.14. The monoisotopic (exact) mass is 845 g/mol. The van der Waals surface area contributed by atoms with E-state index in [4.69, 9.17) is 17.0 Å². The van der Waals surface area contributed by atoms with Gasteiger partial charge < -0.3 is 19.9 Å². The van der Waals surface area contributed by atoms with E-state index < -0.39 is 28.7 Å². The van der Waals surface area contributed by atoms with Crippen molar-refractivity contribution in [2.75, 3.05) is 43.0 Å². The molecule has 0 radical (unpaired) electrons. The average Bonchev–Trinajstić information content (AvgIpc) is 3.33. The molecule has 3 aliphatic heterocycles. The lowest BCUT2D eigenvalue weighted by atomic mass is 9.89. The van der Waals surface area contributed by atoms with Crippen LogP contribution in [-0.4, -0.2) is 106 Å². The fraction of sp³-hybridized carbons (Fsp3) is 0.561. The van der Waals surface area contributed by atoms with Crippen molar-refractivity contribution in [1.29, 1.82) is 5.26 Å². The highest BCUT2D eigenvalue weighted by Gasteiger charge is 2.52. The first kappa shape index (κ1) is 45.0. The van der Waals surface area contributed by atoms with Gasteiger partial charge in [0.2, 0.25) is 17.7 Å². The molecular formula is C41H51ClF3N7O5S. The summed E-state index contributed by atoms with van der Waals surface area (Å²) < 4.78 is 47.4. The van der Waals surface area contributed by atoms with Crippen molar-refractivity contribution < 1.29 is 37.1 Å². The Labute approximate surface area is 348 Å². The van der Waals surface area contributed by atoms with E-state index in [1.165, 1.54) is 6.07 Å². The number of piperazine rings is 1. The minimum Gasteiger partial charge on any atom is -0.378 e.